The molecule has 0 bridgehead atoms. The van der Waals surface area contributed by atoms with Gasteiger partial charge in [-0.3, -0.25) is 9.48 Å². The highest BCUT2D eigenvalue weighted by Gasteiger charge is 2.27. The van der Waals surface area contributed by atoms with Crippen LogP contribution in [0, 0.1) is 13.8 Å². The first kappa shape index (κ1) is 15.0. The Bertz CT molecular complexity index is 486. The number of nitrogens with one attached hydrogen (secondary N) is 1. The SMILES string of the molecule is Cc1nn(C)c(C)c1C(=O)N(CC1CCCN1)C(C)C. The lowest BCUT2D eigenvalue weighted by molar-refractivity contribution is 0.0687. The third-order valence-electron chi connectivity index (χ3n) is 4.19. The predicted molar refractivity (Wildman–Crippen MR) is 79.9 cm³/mol. The zero-order valence-electron chi connectivity index (χ0n) is 13.2. The summed E-state index contributed by atoms with van der Waals surface area (Å²) in [6, 6.07) is 0.627. The van der Waals surface area contributed by atoms with Gasteiger partial charge in [-0.2, -0.15) is 5.10 Å². The Morgan fingerprint density at radius 2 is 2.20 bits per heavy atom. The number of carbonyl (C=O) groups excluding carboxylic acids is 1. The van der Waals surface area contributed by atoms with E-state index in [9.17, 15) is 4.79 Å². The molecular formula is C15H26N4O. The van der Waals surface area contributed by atoms with Crippen molar-refractivity contribution in [3.63, 3.8) is 0 Å². The van der Waals surface area contributed by atoms with E-state index in [0.29, 0.717) is 6.04 Å². The van der Waals surface area contributed by atoms with E-state index in [1.807, 2.05) is 25.8 Å². The fraction of sp³-hybridized carbons (Fsp3) is 0.733. The second kappa shape index (κ2) is 5.95. The Morgan fingerprint density at radius 1 is 1.50 bits per heavy atom. The van der Waals surface area contributed by atoms with Crippen LogP contribution in [0.1, 0.15) is 48.4 Å². The van der Waals surface area contributed by atoms with Crippen molar-refractivity contribution in [2.45, 2.75) is 52.6 Å². The van der Waals surface area contributed by atoms with E-state index >= 15 is 0 Å². The minimum atomic E-state index is 0.108. The van der Waals surface area contributed by atoms with Crippen LogP contribution in [0.2, 0.25) is 0 Å². The van der Waals surface area contributed by atoms with Crippen LogP contribution in [0.25, 0.3) is 0 Å². The lowest BCUT2D eigenvalue weighted by atomic mass is 10.1. The first-order valence-corrected chi connectivity index (χ1v) is 7.46. The maximum Gasteiger partial charge on any atom is 0.257 e. The van der Waals surface area contributed by atoms with Gasteiger partial charge in [0.05, 0.1) is 11.3 Å². The van der Waals surface area contributed by atoms with Crippen molar-refractivity contribution in [2.24, 2.45) is 7.05 Å². The quantitative estimate of drug-likeness (QED) is 0.911. The number of carbonyl (C=O) groups is 1. The van der Waals surface area contributed by atoms with Crippen molar-refractivity contribution >= 4 is 5.91 Å². The minimum absolute atomic E-state index is 0.108. The molecule has 1 aliphatic rings. The average Bonchev–Trinajstić information content (AvgIpc) is 2.95. The van der Waals surface area contributed by atoms with Gasteiger partial charge in [-0.25, -0.2) is 0 Å². The summed E-state index contributed by atoms with van der Waals surface area (Å²) in [6.45, 7) is 9.87. The Balaban J connectivity index is 2.22. The zero-order chi connectivity index (χ0) is 14.9. The van der Waals surface area contributed by atoms with Gasteiger partial charge in [0.1, 0.15) is 0 Å². The molecule has 1 saturated heterocycles. The molecule has 0 saturated carbocycles. The summed E-state index contributed by atoms with van der Waals surface area (Å²) < 4.78 is 1.79. The summed E-state index contributed by atoms with van der Waals surface area (Å²) in [4.78, 5) is 14.8. The summed E-state index contributed by atoms with van der Waals surface area (Å²) in [5.41, 5.74) is 2.52. The van der Waals surface area contributed by atoms with Gasteiger partial charge in [0.15, 0.2) is 0 Å². The first-order valence-electron chi connectivity index (χ1n) is 7.46. The third-order valence-corrected chi connectivity index (χ3v) is 4.19. The van der Waals surface area contributed by atoms with Crippen molar-refractivity contribution < 1.29 is 4.79 Å². The Hall–Kier alpha value is -1.36. The molecule has 112 valence electrons. The van der Waals surface area contributed by atoms with Crippen molar-refractivity contribution in [1.29, 1.82) is 0 Å². The van der Waals surface area contributed by atoms with Gasteiger partial charge >= 0.3 is 0 Å². The van der Waals surface area contributed by atoms with E-state index in [1.54, 1.807) is 4.68 Å². The maximum atomic E-state index is 12.9. The number of amides is 1. The molecule has 1 unspecified atom stereocenters. The molecule has 0 aromatic carbocycles. The number of hydrogen-bond donors (Lipinski definition) is 1. The normalized spacial score (nSPS) is 18.8. The van der Waals surface area contributed by atoms with Gasteiger partial charge in [0.25, 0.3) is 5.91 Å². The maximum absolute atomic E-state index is 12.9. The summed E-state index contributed by atoms with van der Waals surface area (Å²) in [5, 5.41) is 7.83. The van der Waals surface area contributed by atoms with Crippen LogP contribution in [0.3, 0.4) is 0 Å². The molecule has 1 N–H and O–H groups in total. The van der Waals surface area contributed by atoms with Gasteiger partial charge < -0.3 is 10.2 Å². The van der Waals surface area contributed by atoms with Crippen molar-refractivity contribution in [1.82, 2.24) is 20.0 Å². The van der Waals surface area contributed by atoms with Crippen LogP contribution in [0.4, 0.5) is 0 Å². The smallest absolute Gasteiger partial charge is 0.257 e. The molecule has 5 nitrogen and oxygen atoms in total. The van der Waals surface area contributed by atoms with E-state index in [2.05, 4.69) is 24.3 Å². The van der Waals surface area contributed by atoms with Gasteiger partial charge in [0, 0.05) is 31.4 Å². The molecule has 0 aliphatic carbocycles. The Morgan fingerprint density at radius 3 is 2.65 bits per heavy atom. The molecule has 2 rings (SSSR count). The standard InChI is InChI=1S/C15H26N4O/c1-10(2)19(9-13-7-6-8-16-13)15(20)14-11(3)17-18(5)12(14)4/h10,13,16H,6-9H2,1-5H3. The van der Waals surface area contributed by atoms with E-state index < -0.39 is 0 Å². The molecule has 2 heterocycles. The molecule has 1 fully saturated rings. The number of nitrogens with zero attached hydrogens (tertiary/aromatic N) is 3. The Labute approximate surface area is 121 Å². The topological polar surface area (TPSA) is 50.2 Å². The molecular weight excluding hydrogens is 252 g/mol. The van der Waals surface area contributed by atoms with E-state index in [1.165, 1.54) is 6.42 Å². The number of hydrogen-bond acceptors (Lipinski definition) is 3. The molecule has 5 heteroatoms. The summed E-state index contributed by atoms with van der Waals surface area (Å²) in [7, 11) is 1.89. The van der Waals surface area contributed by atoms with Crippen LogP contribution in [0.15, 0.2) is 0 Å². The first-order chi connectivity index (χ1) is 9.41. The lowest BCUT2D eigenvalue weighted by Crippen LogP contribution is -2.45. The summed E-state index contributed by atoms with van der Waals surface area (Å²) in [5.74, 6) is 0.108. The number of aryl methyl sites for hydroxylation is 2. The van der Waals surface area contributed by atoms with E-state index in [0.717, 1.165) is 36.5 Å². The molecule has 1 atom stereocenters. The Kier molecular flexibility index (Phi) is 4.48. The lowest BCUT2D eigenvalue weighted by Gasteiger charge is -2.29. The van der Waals surface area contributed by atoms with Crippen molar-refractivity contribution in [2.75, 3.05) is 13.1 Å². The monoisotopic (exact) mass is 278 g/mol. The fourth-order valence-corrected chi connectivity index (χ4v) is 2.90. The van der Waals surface area contributed by atoms with Crippen molar-refractivity contribution in [3.05, 3.63) is 17.0 Å². The molecule has 0 spiro atoms. The average molecular weight is 278 g/mol. The van der Waals surface area contributed by atoms with Crippen molar-refractivity contribution in [3.8, 4) is 0 Å². The van der Waals surface area contributed by atoms with E-state index in [-0.39, 0.29) is 11.9 Å². The van der Waals surface area contributed by atoms with Crippen LogP contribution in [-0.2, 0) is 7.05 Å². The predicted octanol–water partition coefficient (Wildman–Crippen LogP) is 1.64. The highest BCUT2D eigenvalue weighted by Crippen LogP contribution is 2.18. The van der Waals surface area contributed by atoms with Crippen LogP contribution < -0.4 is 5.32 Å². The number of aromatic nitrogens is 2. The molecule has 1 aromatic rings. The molecule has 1 aliphatic heterocycles. The summed E-state index contributed by atoms with van der Waals surface area (Å²) in [6.07, 6.45) is 2.36. The molecule has 1 amide bonds. The molecule has 0 radical (unpaired) electrons. The van der Waals surface area contributed by atoms with Crippen LogP contribution in [-0.4, -0.2) is 45.8 Å². The second-order valence-electron chi connectivity index (χ2n) is 6.01. The van der Waals surface area contributed by atoms with Gasteiger partial charge in [0.2, 0.25) is 0 Å². The molecule has 20 heavy (non-hydrogen) atoms. The second-order valence-corrected chi connectivity index (χ2v) is 6.01. The number of rotatable bonds is 4. The third kappa shape index (κ3) is 2.87. The van der Waals surface area contributed by atoms with E-state index in [4.69, 9.17) is 0 Å². The zero-order valence-corrected chi connectivity index (χ0v) is 13.2. The van der Waals surface area contributed by atoms with Gasteiger partial charge in [-0.15, -0.1) is 0 Å². The highest BCUT2D eigenvalue weighted by molar-refractivity contribution is 5.96. The van der Waals surface area contributed by atoms with Crippen LogP contribution >= 0.6 is 0 Å². The van der Waals surface area contributed by atoms with Gasteiger partial charge in [-0.05, 0) is 47.1 Å². The summed E-state index contributed by atoms with van der Waals surface area (Å²) >= 11 is 0. The minimum Gasteiger partial charge on any atom is -0.335 e. The largest absolute Gasteiger partial charge is 0.335 e. The van der Waals surface area contributed by atoms with Crippen LogP contribution in [0.5, 0.6) is 0 Å². The molecule has 1 aromatic heterocycles. The van der Waals surface area contributed by atoms with Gasteiger partial charge in [-0.1, -0.05) is 0 Å². The highest BCUT2D eigenvalue weighted by atomic mass is 16.2. The fourth-order valence-electron chi connectivity index (χ4n) is 2.90.